The summed E-state index contributed by atoms with van der Waals surface area (Å²) in [7, 11) is 1.39. The maximum absolute atomic E-state index is 11.6. The molecule has 144 valence electrons. The van der Waals surface area contributed by atoms with Gasteiger partial charge in [-0.15, -0.1) is 11.8 Å². The minimum Gasteiger partial charge on any atom is -0.469 e. The van der Waals surface area contributed by atoms with Crippen LogP contribution < -0.4 is 5.73 Å². The second-order valence-corrected chi connectivity index (χ2v) is 7.86. The van der Waals surface area contributed by atoms with Gasteiger partial charge in [0.1, 0.15) is 0 Å². The van der Waals surface area contributed by atoms with Crippen molar-refractivity contribution in [2.24, 2.45) is 5.73 Å². The molecule has 0 radical (unpaired) electrons. The molecular weight excluding hydrogens is 366 g/mol. The van der Waals surface area contributed by atoms with Crippen LogP contribution in [-0.2, 0) is 14.3 Å². The lowest BCUT2D eigenvalue weighted by Gasteiger charge is -2.36. The van der Waals surface area contributed by atoms with Crippen LogP contribution in [0.3, 0.4) is 0 Å². The van der Waals surface area contributed by atoms with Crippen molar-refractivity contribution in [2.45, 2.75) is 17.2 Å². The molecule has 0 bridgehead atoms. The minimum absolute atomic E-state index is 0.206. The number of ether oxygens (including phenoxy) is 1. The predicted molar refractivity (Wildman–Crippen MR) is 116 cm³/mol. The molecule has 0 spiro atoms. The van der Waals surface area contributed by atoms with Crippen LogP contribution in [0.2, 0.25) is 0 Å². The fourth-order valence-corrected chi connectivity index (χ4v) is 4.85. The Morgan fingerprint density at radius 1 is 0.857 bits per heavy atom. The van der Waals surface area contributed by atoms with E-state index in [-0.39, 0.29) is 18.4 Å². The summed E-state index contributed by atoms with van der Waals surface area (Å²) in [6.45, 7) is 0. The summed E-state index contributed by atoms with van der Waals surface area (Å²) in [4.78, 5) is 11.6. The van der Waals surface area contributed by atoms with Crippen LogP contribution in [-0.4, -0.2) is 24.9 Å². The lowest BCUT2D eigenvalue weighted by atomic mass is 9.84. The van der Waals surface area contributed by atoms with Crippen LogP contribution in [0.15, 0.2) is 91.0 Å². The molecule has 2 N–H and O–H groups in total. The van der Waals surface area contributed by atoms with Gasteiger partial charge in [-0.2, -0.15) is 0 Å². The second-order valence-electron chi connectivity index (χ2n) is 6.63. The van der Waals surface area contributed by atoms with Gasteiger partial charge in [0.2, 0.25) is 0 Å². The number of hydrogen-bond acceptors (Lipinski definition) is 4. The Bertz CT molecular complexity index is 772. The van der Waals surface area contributed by atoms with E-state index in [0.29, 0.717) is 5.75 Å². The van der Waals surface area contributed by atoms with Crippen molar-refractivity contribution in [3.05, 3.63) is 108 Å². The van der Waals surface area contributed by atoms with Crippen molar-refractivity contribution >= 4 is 17.7 Å². The summed E-state index contributed by atoms with van der Waals surface area (Å²) < 4.78 is 4.36. The standard InChI is InChI=1S/C24H25NO2S/c1-27-23(26)17-22(25)18-28-24(19-11-5-2-6-12-19,20-13-7-3-8-14-20)21-15-9-4-10-16-21/h2-16,22H,17-18,25H2,1H3/t22-/m1/s1. The smallest absolute Gasteiger partial charge is 0.307 e. The van der Waals surface area contributed by atoms with Gasteiger partial charge in [-0.05, 0) is 16.7 Å². The molecule has 3 aromatic carbocycles. The van der Waals surface area contributed by atoms with Gasteiger partial charge in [0.25, 0.3) is 0 Å². The third-order valence-electron chi connectivity index (χ3n) is 4.71. The third kappa shape index (κ3) is 4.46. The topological polar surface area (TPSA) is 52.3 Å². The van der Waals surface area contributed by atoms with Crippen LogP contribution in [0.5, 0.6) is 0 Å². The average molecular weight is 392 g/mol. The highest BCUT2D eigenvalue weighted by Gasteiger charge is 2.37. The molecule has 0 aromatic heterocycles. The van der Waals surface area contributed by atoms with E-state index in [9.17, 15) is 4.79 Å². The first-order valence-electron chi connectivity index (χ1n) is 9.29. The molecule has 0 saturated carbocycles. The fourth-order valence-electron chi connectivity index (χ4n) is 3.36. The molecule has 0 heterocycles. The van der Waals surface area contributed by atoms with Gasteiger partial charge in [-0.3, -0.25) is 4.79 Å². The number of carbonyl (C=O) groups is 1. The summed E-state index contributed by atoms with van der Waals surface area (Å²) in [5.41, 5.74) is 9.82. The van der Waals surface area contributed by atoms with Crippen LogP contribution >= 0.6 is 11.8 Å². The van der Waals surface area contributed by atoms with Crippen molar-refractivity contribution in [3.8, 4) is 0 Å². The van der Waals surface area contributed by atoms with E-state index in [4.69, 9.17) is 10.5 Å². The summed E-state index contributed by atoms with van der Waals surface area (Å²) in [6, 6.07) is 31.1. The Kier molecular flexibility index (Phi) is 6.90. The summed E-state index contributed by atoms with van der Waals surface area (Å²) in [5, 5.41) is 0. The second kappa shape index (κ2) is 9.58. The molecule has 0 saturated heterocycles. The van der Waals surface area contributed by atoms with E-state index in [1.54, 1.807) is 11.8 Å². The number of thioether (sulfide) groups is 1. The Morgan fingerprint density at radius 3 is 1.61 bits per heavy atom. The third-order valence-corrected chi connectivity index (χ3v) is 6.45. The van der Waals surface area contributed by atoms with Crippen LogP contribution in [0.4, 0.5) is 0 Å². The van der Waals surface area contributed by atoms with E-state index < -0.39 is 4.75 Å². The first kappa shape index (κ1) is 20.2. The monoisotopic (exact) mass is 391 g/mol. The number of carbonyl (C=O) groups excluding carboxylic acids is 1. The zero-order chi connectivity index (χ0) is 19.8. The molecule has 0 aliphatic rings. The maximum atomic E-state index is 11.6. The van der Waals surface area contributed by atoms with Gasteiger partial charge < -0.3 is 10.5 Å². The van der Waals surface area contributed by atoms with Gasteiger partial charge in [-0.25, -0.2) is 0 Å². The summed E-state index contributed by atoms with van der Waals surface area (Å²) in [5.74, 6) is 0.339. The van der Waals surface area contributed by atoms with Crippen molar-refractivity contribution in [1.29, 1.82) is 0 Å². The van der Waals surface area contributed by atoms with Crippen molar-refractivity contribution in [3.63, 3.8) is 0 Å². The van der Waals surface area contributed by atoms with Crippen LogP contribution in [0, 0.1) is 0 Å². The quantitative estimate of drug-likeness (QED) is 0.450. The Balaban J connectivity index is 2.07. The Morgan fingerprint density at radius 2 is 1.25 bits per heavy atom. The zero-order valence-corrected chi connectivity index (χ0v) is 16.8. The normalized spacial score (nSPS) is 12.4. The summed E-state index contributed by atoms with van der Waals surface area (Å²) in [6.07, 6.45) is 0.206. The number of benzene rings is 3. The molecule has 0 fully saturated rings. The van der Waals surface area contributed by atoms with Crippen molar-refractivity contribution < 1.29 is 9.53 Å². The molecule has 1 atom stereocenters. The first-order valence-corrected chi connectivity index (χ1v) is 10.3. The van der Waals surface area contributed by atoms with Gasteiger partial charge in [-0.1, -0.05) is 91.0 Å². The lowest BCUT2D eigenvalue weighted by molar-refractivity contribution is -0.140. The van der Waals surface area contributed by atoms with E-state index in [2.05, 4.69) is 72.8 Å². The lowest BCUT2D eigenvalue weighted by Crippen LogP contribution is -2.32. The average Bonchev–Trinajstić information content (AvgIpc) is 2.76. The number of methoxy groups -OCH3 is 1. The highest BCUT2D eigenvalue weighted by Crippen LogP contribution is 2.48. The fraction of sp³-hybridized carbons (Fsp3) is 0.208. The molecule has 3 rings (SSSR count). The van der Waals surface area contributed by atoms with E-state index >= 15 is 0 Å². The number of nitrogens with two attached hydrogens (primary N) is 1. The molecule has 0 amide bonds. The Labute approximate surface area is 170 Å². The van der Waals surface area contributed by atoms with Crippen molar-refractivity contribution in [2.75, 3.05) is 12.9 Å². The number of esters is 1. The molecule has 0 unspecified atom stereocenters. The van der Waals surface area contributed by atoms with E-state index in [1.165, 1.54) is 23.8 Å². The summed E-state index contributed by atoms with van der Waals surface area (Å²) >= 11 is 1.76. The van der Waals surface area contributed by atoms with Gasteiger partial charge >= 0.3 is 5.97 Å². The zero-order valence-electron chi connectivity index (χ0n) is 16.0. The highest BCUT2D eigenvalue weighted by atomic mass is 32.2. The van der Waals surface area contributed by atoms with Gasteiger partial charge in [0.05, 0.1) is 18.3 Å². The van der Waals surface area contributed by atoms with Crippen LogP contribution in [0.25, 0.3) is 0 Å². The largest absolute Gasteiger partial charge is 0.469 e. The van der Waals surface area contributed by atoms with Gasteiger partial charge in [0.15, 0.2) is 0 Å². The van der Waals surface area contributed by atoms with Gasteiger partial charge in [0, 0.05) is 11.8 Å². The van der Waals surface area contributed by atoms with Crippen molar-refractivity contribution in [1.82, 2.24) is 0 Å². The number of rotatable bonds is 8. The Hall–Kier alpha value is -2.56. The first-order chi connectivity index (χ1) is 13.7. The SMILES string of the molecule is COC(=O)C[C@@H](N)CSC(c1ccccc1)(c1ccccc1)c1ccccc1. The molecule has 3 nitrogen and oxygen atoms in total. The van der Waals surface area contributed by atoms with E-state index in [0.717, 1.165) is 0 Å². The predicted octanol–water partition coefficient (Wildman–Crippen LogP) is 4.60. The molecular formula is C24H25NO2S. The van der Waals surface area contributed by atoms with E-state index in [1.807, 2.05) is 18.2 Å². The van der Waals surface area contributed by atoms with Crippen LogP contribution in [0.1, 0.15) is 23.1 Å². The molecule has 0 aliphatic heterocycles. The molecule has 0 aliphatic carbocycles. The number of hydrogen-bond donors (Lipinski definition) is 1. The molecule has 28 heavy (non-hydrogen) atoms. The molecule has 4 heteroatoms. The minimum atomic E-state index is -0.419. The maximum Gasteiger partial charge on any atom is 0.307 e. The molecule has 3 aromatic rings. The highest BCUT2D eigenvalue weighted by molar-refractivity contribution is 8.00.